The van der Waals surface area contributed by atoms with Crippen molar-refractivity contribution in [2.75, 3.05) is 53.0 Å². The lowest BCUT2D eigenvalue weighted by Crippen LogP contribution is -2.49. The van der Waals surface area contributed by atoms with Gasteiger partial charge in [-0.05, 0) is 85.3 Å². The summed E-state index contributed by atoms with van der Waals surface area (Å²) < 4.78 is 45.8. The van der Waals surface area contributed by atoms with Crippen LogP contribution in [-0.2, 0) is 22.6 Å². The average Bonchev–Trinajstić information content (AvgIpc) is 3.72. The molecule has 10 rings (SSSR count). The lowest BCUT2D eigenvalue weighted by atomic mass is 9.96. The summed E-state index contributed by atoms with van der Waals surface area (Å²) in [4.78, 5) is 48.6. The summed E-state index contributed by atoms with van der Waals surface area (Å²) in [5, 5.41) is 20.9. The molecular formula is C49H44ClFN6O9S. The molecule has 15 nitrogen and oxygen atoms in total. The third-order valence-electron chi connectivity index (χ3n) is 11.5. The lowest BCUT2D eigenvalue weighted by molar-refractivity contribution is -0.145. The zero-order valence-corrected chi connectivity index (χ0v) is 37.9. The molecule has 2 atom stereocenters. The molecule has 7 aromatic rings. The predicted molar refractivity (Wildman–Crippen MR) is 249 cm³/mol. The first-order valence-corrected chi connectivity index (χ1v) is 22.6. The smallest absolute Gasteiger partial charge is 0.345 e. The number of aliphatic carboxylic acids is 2. The van der Waals surface area contributed by atoms with Crippen LogP contribution in [0.2, 0.25) is 5.02 Å². The minimum atomic E-state index is -1.48. The van der Waals surface area contributed by atoms with Crippen molar-refractivity contribution >= 4 is 45.1 Å². The Labute approximate surface area is 393 Å². The zero-order valence-electron chi connectivity index (χ0n) is 36.4. The summed E-state index contributed by atoms with van der Waals surface area (Å²) in [7, 11) is 2.10. The highest BCUT2D eigenvalue weighted by atomic mass is 35.5. The molecule has 0 saturated carbocycles. The summed E-state index contributed by atoms with van der Waals surface area (Å²) in [5.41, 5.74) is 4.18. The Morgan fingerprint density at radius 1 is 0.910 bits per heavy atom. The normalized spacial score (nSPS) is 16.7. The monoisotopic (exact) mass is 946 g/mol. The number of thiophene rings is 1. The van der Waals surface area contributed by atoms with Crippen LogP contribution in [0.3, 0.4) is 0 Å². The number of benzene rings is 4. The predicted octanol–water partition coefficient (Wildman–Crippen LogP) is 8.09. The second-order valence-corrected chi connectivity index (χ2v) is 17.5. The van der Waals surface area contributed by atoms with Gasteiger partial charge in [0.15, 0.2) is 12.4 Å². The fraction of sp³-hybridized carbons (Fsp3) is 0.265. The molecule has 1 fully saturated rings. The van der Waals surface area contributed by atoms with Gasteiger partial charge in [0, 0.05) is 61.3 Å². The Balaban J connectivity index is 1.11. The number of carboxylic acids is 2. The van der Waals surface area contributed by atoms with E-state index in [-0.39, 0.29) is 25.5 Å². The fourth-order valence-electron chi connectivity index (χ4n) is 8.03. The van der Waals surface area contributed by atoms with Crippen LogP contribution >= 0.6 is 22.9 Å². The van der Waals surface area contributed by atoms with Gasteiger partial charge in [-0.1, -0.05) is 41.9 Å². The van der Waals surface area contributed by atoms with Crippen molar-refractivity contribution in [2.24, 2.45) is 0 Å². The fourth-order valence-corrected chi connectivity index (χ4v) is 9.39. The quantitative estimate of drug-likeness (QED) is 0.127. The molecule has 3 aromatic heterocycles. The molecule has 0 radical (unpaired) electrons. The van der Waals surface area contributed by atoms with Gasteiger partial charge in [-0.15, -0.1) is 11.3 Å². The van der Waals surface area contributed by atoms with Crippen molar-refractivity contribution in [1.82, 2.24) is 29.7 Å². The van der Waals surface area contributed by atoms with Crippen LogP contribution < -0.4 is 23.7 Å². The van der Waals surface area contributed by atoms with Gasteiger partial charge in [0.1, 0.15) is 59.3 Å². The van der Waals surface area contributed by atoms with E-state index in [9.17, 15) is 24.2 Å². The van der Waals surface area contributed by atoms with Gasteiger partial charge in [-0.25, -0.2) is 33.9 Å². The van der Waals surface area contributed by atoms with E-state index in [1.165, 1.54) is 29.8 Å². The third kappa shape index (κ3) is 10.2. The van der Waals surface area contributed by atoms with E-state index >= 15 is 0 Å². The van der Waals surface area contributed by atoms with E-state index in [0.29, 0.717) is 89.7 Å². The average molecular weight is 947 g/mol. The molecule has 2 N–H and O–H groups in total. The van der Waals surface area contributed by atoms with Gasteiger partial charge >= 0.3 is 11.9 Å². The second kappa shape index (κ2) is 19.9. The van der Waals surface area contributed by atoms with E-state index in [4.69, 9.17) is 35.3 Å². The Hall–Kier alpha value is -6.92. The van der Waals surface area contributed by atoms with Crippen molar-refractivity contribution < 1.29 is 47.9 Å². The number of rotatable bonds is 11. The van der Waals surface area contributed by atoms with Crippen LogP contribution in [0.4, 0.5) is 4.39 Å². The van der Waals surface area contributed by atoms with Crippen LogP contribution in [0.15, 0.2) is 97.5 Å². The van der Waals surface area contributed by atoms with E-state index in [0.717, 1.165) is 31.1 Å². The standard InChI is InChI=1S/C49H44ClFN6O9S/c1-28-35-12-14-39(44(28)50)65-34(23-57-19-17-56(2)18-20-57)25-62-33-11-13-37(63-24-32-15-16-52-46(55-32)36-5-3-4-6-38(36)64-26-41(58)59)30(21-33)22-40(49(60)61)66-47-43-42(35)45(67-48(43)54-27-53-47)29-7-9-31(51)10-8-29/h3-16,21,27,34,40H,17-20,22-26H2,1-2H3,(H,58,59)(H,60,61)/t34-,40-/m1/s1. The number of halogens is 2. The van der Waals surface area contributed by atoms with Crippen molar-refractivity contribution in [3.8, 4) is 61.8 Å². The van der Waals surface area contributed by atoms with Crippen LogP contribution in [0.5, 0.6) is 28.9 Å². The molecule has 4 bridgehead atoms. The molecule has 4 aromatic carbocycles. The minimum absolute atomic E-state index is 0.0282. The highest BCUT2D eigenvalue weighted by Gasteiger charge is 2.30. The Kier molecular flexibility index (Phi) is 13.4. The number of nitrogens with zero attached hydrogens (tertiary/aromatic N) is 6. The van der Waals surface area contributed by atoms with Gasteiger partial charge in [0.2, 0.25) is 12.0 Å². The minimum Gasteiger partial charge on any atom is -0.490 e. The Bertz CT molecular complexity index is 2950. The maximum absolute atomic E-state index is 14.3. The maximum atomic E-state index is 14.3. The van der Waals surface area contributed by atoms with Crippen molar-refractivity contribution in [3.63, 3.8) is 0 Å². The summed E-state index contributed by atoms with van der Waals surface area (Å²) in [6, 6.07) is 23.5. The number of carboxylic acid groups (broad SMARTS) is 2. The Morgan fingerprint density at radius 2 is 1.72 bits per heavy atom. The third-order valence-corrected chi connectivity index (χ3v) is 13.1. The van der Waals surface area contributed by atoms with Crippen molar-refractivity contribution in [1.29, 1.82) is 0 Å². The molecule has 18 heteroatoms. The van der Waals surface area contributed by atoms with Gasteiger partial charge in [0.25, 0.3) is 0 Å². The maximum Gasteiger partial charge on any atom is 0.345 e. The molecule has 3 aliphatic heterocycles. The number of likely N-dealkylation sites (N-methyl/N-ethyl adjacent to an activating group) is 1. The van der Waals surface area contributed by atoms with Gasteiger partial charge in [0.05, 0.1) is 21.7 Å². The molecule has 3 aliphatic rings. The number of para-hydroxylation sites is 1. The SMILES string of the molecule is Cc1c2ccc(c1Cl)O[C@H](CN1CCN(C)CC1)COc1ccc(OCc3ccnc(-c4ccccc4OCC(=O)O)n3)c(c1)C[C@H](C(=O)O)Oc1ncnc3sc(-c4ccc(F)cc4)c-2c13. The molecule has 0 amide bonds. The first-order valence-electron chi connectivity index (χ1n) is 21.4. The number of fused-ring (bicyclic) bond motifs is 7. The molecule has 1 saturated heterocycles. The summed E-state index contributed by atoms with van der Waals surface area (Å²) in [6.45, 7) is 5.47. The van der Waals surface area contributed by atoms with Crippen molar-refractivity contribution in [2.45, 2.75) is 32.2 Å². The topological polar surface area (TPSA) is 179 Å². The first-order chi connectivity index (χ1) is 32.5. The van der Waals surface area contributed by atoms with E-state index in [1.54, 1.807) is 66.9 Å². The zero-order chi connectivity index (χ0) is 46.6. The van der Waals surface area contributed by atoms with Gasteiger partial charge in [-0.2, -0.15) is 0 Å². The largest absolute Gasteiger partial charge is 0.490 e. The molecule has 67 heavy (non-hydrogen) atoms. The summed E-state index contributed by atoms with van der Waals surface area (Å²) in [5.74, 6) is -0.906. The van der Waals surface area contributed by atoms with Crippen LogP contribution in [0, 0.1) is 12.7 Å². The van der Waals surface area contributed by atoms with E-state index < -0.39 is 36.6 Å². The lowest BCUT2D eigenvalue weighted by Gasteiger charge is -2.34. The number of aromatic nitrogens is 4. The molecule has 0 spiro atoms. The molecule has 0 aliphatic carbocycles. The van der Waals surface area contributed by atoms with Gasteiger partial charge < -0.3 is 38.8 Å². The number of hydrogen-bond donors (Lipinski definition) is 2. The molecule has 6 heterocycles. The molecule has 344 valence electrons. The highest BCUT2D eigenvalue weighted by molar-refractivity contribution is 7.22. The first kappa shape index (κ1) is 45.2. The van der Waals surface area contributed by atoms with Gasteiger partial charge in [-0.3, -0.25) is 4.90 Å². The Morgan fingerprint density at radius 3 is 2.51 bits per heavy atom. The number of carbonyl (C=O) groups is 2. The number of piperazine rings is 1. The van der Waals surface area contributed by atoms with Crippen LogP contribution in [0.25, 0.3) is 43.2 Å². The van der Waals surface area contributed by atoms with E-state index in [1.807, 2.05) is 19.1 Å². The molecule has 0 unspecified atom stereocenters. The number of hydrogen-bond acceptors (Lipinski definition) is 14. The van der Waals surface area contributed by atoms with E-state index in [2.05, 4.69) is 36.8 Å². The highest BCUT2D eigenvalue weighted by Crippen LogP contribution is 2.50. The summed E-state index contributed by atoms with van der Waals surface area (Å²) >= 11 is 8.56. The second-order valence-electron chi connectivity index (χ2n) is 16.1. The van der Waals surface area contributed by atoms with Crippen LogP contribution in [0.1, 0.15) is 16.8 Å². The molecular weight excluding hydrogens is 903 g/mol. The number of ether oxygens (including phenoxy) is 5. The van der Waals surface area contributed by atoms with Crippen LogP contribution in [-0.4, -0.2) is 117 Å². The summed E-state index contributed by atoms with van der Waals surface area (Å²) in [6.07, 6.45) is 0.743. The van der Waals surface area contributed by atoms with Crippen molar-refractivity contribution in [3.05, 3.63) is 125 Å².